The number of rotatable bonds is 5. The van der Waals surface area contributed by atoms with Crippen LogP contribution in [0.2, 0.25) is 0 Å². The molecular formula is C19H20N4O2. The van der Waals surface area contributed by atoms with Crippen LogP contribution >= 0.6 is 0 Å². The lowest BCUT2D eigenvalue weighted by Gasteiger charge is -2.25. The molecule has 0 saturated heterocycles. The van der Waals surface area contributed by atoms with Crippen LogP contribution in [0.5, 0.6) is 5.75 Å². The first-order valence-electron chi connectivity index (χ1n) is 7.91. The summed E-state index contributed by atoms with van der Waals surface area (Å²) in [6, 6.07) is 13.3. The van der Waals surface area contributed by atoms with Crippen molar-refractivity contribution in [3.63, 3.8) is 0 Å². The lowest BCUT2D eigenvalue weighted by atomic mass is 10.1. The van der Waals surface area contributed by atoms with Gasteiger partial charge in [-0.05, 0) is 48.0 Å². The number of nitrogens with zero attached hydrogens (tertiary/aromatic N) is 2. The second kappa shape index (κ2) is 7.53. The lowest BCUT2D eigenvalue weighted by molar-refractivity contribution is -0.117. The van der Waals surface area contributed by atoms with Gasteiger partial charge in [0.1, 0.15) is 5.75 Å². The number of pyridine rings is 1. The zero-order valence-corrected chi connectivity index (χ0v) is 14.2. The molecule has 1 aromatic carbocycles. The van der Waals surface area contributed by atoms with Crippen LogP contribution in [0.1, 0.15) is 11.3 Å². The standard InChI is InChI=1S/C19H20N4O2/c1-23-13-15(19(24)21-12-16-5-3-4-10-20-16)11-18(22-23)14-6-8-17(25-2)9-7-14/h3-11,13,22H,12H2,1-2H3,(H,21,24). The molecule has 0 aliphatic carbocycles. The van der Waals surface area contributed by atoms with Crippen molar-refractivity contribution >= 4 is 11.6 Å². The molecule has 2 N–H and O–H groups in total. The molecule has 25 heavy (non-hydrogen) atoms. The second-order valence-corrected chi connectivity index (χ2v) is 5.60. The third-order valence-corrected chi connectivity index (χ3v) is 3.75. The van der Waals surface area contributed by atoms with Crippen LogP contribution in [0.15, 0.2) is 66.5 Å². The number of hydrogen-bond acceptors (Lipinski definition) is 5. The summed E-state index contributed by atoms with van der Waals surface area (Å²) in [5.41, 5.74) is 6.42. The van der Waals surface area contributed by atoms with Gasteiger partial charge in [-0.1, -0.05) is 6.07 Å². The van der Waals surface area contributed by atoms with E-state index in [1.807, 2.05) is 55.6 Å². The van der Waals surface area contributed by atoms with E-state index in [9.17, 15) is 4.79 Å². The Morgan fingerprint density at radius 1 is 1.24 bits per heavy atom. The molecule has 0 radical (unpaired) electrons. The number of carbonyl (C=O) groups excluding carboxylic acids is 1. The molecule has 2 aromatic rings. The van der Waals surface area contributed by atoms with E-state index in [0.717, 1.165) is 22.7 Å². The van der Waals surface area contributed by atoms with Gasteiger partial charge in [0.25, 0.3) is 5.91 Å². The Bertz CT molecular complexity index is 798. The minimum atomic E-state index is -0.148. The molecule has 0 unspecified atom stereocenters. The van der Waals surface area contributed by atoms with E-state index in [1.54, 1.807) is 24.5 Å². The number of amides is 1. The molecule has 1 aromatic heterocycles. The monoisotopic (exact) mass is 336 g/mol. The average molecular weight is 336 g/mol. The van der Waals surface area contributed by atoms with Crippen molar-refractivity contribution in [2.45, 2.75) is 6.54 Å². The van der Waals surface area contributed by atoms with Crippen molar-refractivity contribution in [2.24, 2.45) is 0 Å². The lowest BCUT2D eigenvalue weighted by Crippen LogP contribution is -2.34. The summed E-state index contributed by atoms with van der Waals surface area (Å²) in [5.74, 6) is 0.641. The molecule has 1 aliphatic rings. The molecule has 1 amide bonds. The molecule has 3 rings (SSSR count). The number of methoxy groups -OCH3 is 1. The van der Waals surface area contributed by atoms with Gasteiger partial charge in [-0.25, -0.2) is 0 Å². The average Bonchev–Trinajstić information content (AvgIpc) is 2.66. The van der Waals surface area contributed by atoms with E-state index >= 15 is 0 Å². The third kappa shape index (κ3) is 4.17. The molecule has 0 fully saturated rings. The third-order valence-electron chi connectivity index (χ3n) is 3.75. The number of ether oxygens (including phenoxy) is 1. The summed E-state index contributed by atoms with van der Waals surface area (Å²) in [4.78, 5) is 16.7. The Kier molecular flexibility index (Phi) is 4.99. The summed E-state index contributed by atoms with van der Waals surface area (Å²) < 4.78 is 5.18. The van der Waals surface area contributed by atoms with Crippen LogP contribution in [0, 0.1) is 0 Å². The van der Waals surface area contributed by atoms with Crippen molar-refractivity contribution in [2.75, 3.05) is 14.2 Å². The van der Waals surface area contributed by atoms with Crippen LogP contribution in [-0.4, -0.2) is 30.1 Å². The molecule has 6 nitrogen and oxygen atoms in total. The second-order valence-electron chi connectivity index (χ2n) is 5.60. The van der Waals surface area contributed by atoms with Crippen molar-refractivity contribution in [1.82, 2.24) is 20.7 Å². The zero-order chi connectivity index (χ0) is 17.6. The molecule has 0 bridgehead atoms. The van der Waals surface area contributed by atoms with Crippen molar-refractivity contribution in [1.29, 1.82) is 0 Å². The number of aromatic nitrogens is 1. The minimum Gasteiger partial charge on any atom is -0.497 e. The number of carbonyl (C=O) groups is 1. The smallest absolute Gasteiger partial charge is 0.253 e. The van der Waals surface area contributed by atoms with E-state index in [2.05, 4.69) is 15.7 Å². The minimum absolute atomic E-state index is 0.148. The molecule has 6 heteroatoms. The highest BCUT2D eigenvalue weighted by atomic mass is 16.5. The summed E-state index contributed by atoms with van der Waals surface area (Å²) in [6.45, 7) is 0.389. The maximum Gasteiger partial charge on any atom is 0.253 e. The predicted molar refractivity (Wildman–Crippen MR) is 96.0 cm³/mol. The van der Waals surface area contributed by atoms with Gasteiger partial charge in [0, 0.05) is 19.4 Å². The van der Waals surface area contributed by atoms with Gasteiger partial charge in [-0.3, -0.25) is 20.2 Å². The maximum absolute atomic E-state index is 12.5. The first kappa shape index (κ1) is 16.6. The fraction of sp³-hybridized carbons (Fsp3) is 0.158. The van der Waals surface area contributed by atoms with Crippen LogP contribution < -0.4 is 15.5 Å². The highest BCUT2D eigenvalue weighted by Gasteiger charge is 2.16. The summed E-state index contributed by atoms with van der Waals surface area (Å²) in [7, 11) is 3.48. The first-order chi connectivity index (χ1) is 12.2. The molecular weight excluding hydrogens is 316 g/mol. The maximum atomic E-state index is 12.5. The fourth-order valence-electron chi connectivity index (χ4n) is 2.47. The first-order valence-corrected chi connectivity index (χ1v) is 7.91. The molecule has 2 heterocycles. The van der Waals surface area contributed by atoms with Crippen molar-refractivity contribution in [3.8, 4) is 5.75 Å². The van der Waals surface area contributed by atoms with Gasteiger partial charge >= 0.3 is 0 Å². The van der Waals surface area contributed by atoms with Crippen LogP contribution in [-0.2, 0) is 11.3 Å². The normalized spacial score (nSPS) is 13.4. The summed E-state index contributed by atoms with van der Waals surface area (Å²) in [5, 5.41) is 4.65. The Balaban J connectivity index is 1.73. The van der Waals surface area contributed by atoms with E-state index < -0.39 is 0 Å². The Labute approximate surface area is 146 Å². The Hall–Kier alpha value is -3.28. The van der Waals surface area contributed by atoms with Gasteiger partial charge in [0.05, 0.1) is 30.6 Å². The molecule has 0 spiro atoms. The number of benzene rings is 1. The van der Waals surface area contributed by atoms with Crippen LogP contribution in [0.25, 0.3) is 5.70 Å². The SMILES string of the molecule is COc1ccc(C2=CC(C(=O)NCc3ccccn3)=CN(C)N2)cc1. The number of hydrogen-bond donors (Lipinski definition) is 2. The summed E-state index contributed by atoms with van der Waals surface area (Å²) >= 11 is 0. The zero-order valence-electron chi connectivity index (χ0n) is 14.2. The summed E-state index contributed by atoms with van der Waals surface area (Å²) in [6.07, 6.45) is 5.29. The topological polar surface area (TPSA) is 66.5 Å². The van der Waals surface area contributed by atoms with Crippen LogP contribution in [0.4, 0.5) is 0 Å². The quantitative estimate of drug-likeness (QED) is 0.875. The fourth-order valence-corrected chi connectivity index (χ4v) is 2.47. The number of nitrogens with one attached hydrogen (secondary N) is 2. The van der Waals surface area contributed by atoms with Crippen molar-refractivity contribution < 1.29 is 9.53 Å². The Morgan fingerprint density at radius 3 is 2.72 bits per heavy atom. The molecule has 0 saturated carbocycles. The van der Waals surface area contributed by atoms with E-state index in [1.165, 1.54) is 0 Å². The molecule has 128 valence electrons. The van der Waals surface area contributed by atoms with Gasteiger partial charge in [-0.15, -0.1) is 0 Å². The van der Waals surface area contributed by atoms with Crippen LogP contribution in [0.3, 0.4) is 0 Å². The predicted octanol–water partition coefficient (Wildman–Crippen LogP) is 2.08. The van der Waals surface area contributed by atoms with Gasteiger partial charge < -0.3 is 10.1 Å². The highest BCUT2D eigenvalue weighted by molar-refractivity contribution is 5.98. The van der Waals surface area contributed by atoms with E-state index in [4.69, 9.17) is 4.74 Å². The van der Waals surface area contributed by atoms with Gasteiger partial charge in [0.15, 0.2) is 0 Å². The van der Waals surface area contributed by atoms with E-state index in [0.29, 0.717) is 12.1 Å². The molecule has 0 atom stereocenters. The number of hydrazine groups is 1. The van der Waals surface area contributed by atoms with E-state index in [-0.39, 0.29) is 5.91 Å². The highest BCUT2D eigenvalue weighted by Crippen LogP contribution is 2.21. The molecule has 1 aliphatic heterocycles. The largest absolute Gasteiger partial charge is 0.497 e. The Morgan fingerprint density at radius 2 is 2.04 bits per heavy atom. The van der Waals surface area contributed by atoms with Crippen molar-refractivity contribution in [3.05, 3.63) is 77.8 Å². The van der Waals surface area contributed by atoms with Gasteiger partial charge in [-0.2, -0.15) is 0 Å². The van der Waals surface area contributed by atoms with Gasteiger partial charge in [0.2, 0.25) is 0 Å².